The third-order valence-corrected chi connectivity index (χ3v) is 6.10. The predicted molar refractivity (Wildman–Crippen MR) is 109 cm³/mol. The zero-order valence-corrected chi connectivity index (χ0v) is 16.4. The Balaban J connectivity index is 1.45. The lowest BCUT2D eigenvalue weighted by molar-refractivity contribution is 0.510. The topological polar surface area (TPSA) is 82.5 Å². The summed E-state index contributed by atoms with van der Waals surface area (Å²) in [7, 11) is 0. The van der Waals surface area contributed by atoms with Crippen LogP contribution in [0.1, 0.15) is 18.1 Å². The molecule has 0 radical (unpaired) electrons. The van der Waals surface area contributed by atoms with Crippen LogP contribution in [0.4, 0.5) is 0 Å². The summed E-state index contributed by atoms with van der Waals surface area (Å²) in [6.45, 7) is 2.02. The Morgan fingerprint density at radius 3 is 2.79 bits per heavy atom. The van der Waals surface area contributed by atoms with Crippen LogP contribution in [0.2, 0.25) is 0 Å². The van der Waals surface area contributed by atoms with E-state index in [0.29, 0.717) is 11.8 Å². The minimum atomic E-state index is -0.0561. The third kappa shape index (κ3) is 3.08. The third-order valence-electron chi connectivity index (χ3n) is 4.14. The van der Waals surface area contributed by atoms with E-state index in [9.17, 15) is 0 Å². The zero-order chi connectivity index (χ0) is 18.9. The maximum atomic E-state index is 5.85. The summed E-state index contributed by atoms with van der Waals surface area (Å²) in [5.41, 5.74) is 1.72. The first-order valence-corrected chi connectivity index (χ1v) is 10.3. The van der Waals surface area contributed by atoms with Crippen LogP contribution < -0.4 is 0 Å². The van der Waals surface area contributed by atoms with Crippen molar-refractivity contribution in [2.75, 3.05) is 0 Å². The maximum absolute atomic E-state index is 5.85. The summed E-state index contributed by atoms with van der Waals surface area (Å²) in [6.07, 6.45) is 3.35. The van der Waals surface area contributed by atoms with E-state index in [4.69, 9.17) is 4.42 Å². The number of hydrogen-bond donors (Lipinski definition) is 0. The van der Waals surface area contributed by atoms with E-state index >= 15 is 0 Å². The van der Waals surface area contributed by atoms with E-state index in [-0.39, 0.29) is 5.25 Å². The first-order valence-electron chi connectivity index (χ1n) is 8.57. The highest BCUT2D eigenvalue weighted by Crippen LogP contribution is 2.37. The molecule has 5 rings (SSSR count). The highest BCUT2D eigenvalue weighted by Gasteiger charge is 2.20. The van der Waals surface area contributed by atoms with Gasteiger partial charge in [-0.2, -0.15) is 5.10 Å². The Labute approximate surface area is 168 Å². The average molecular weight is 406 g/mol. The van der Waals surface area contributed by atoms with Gasteiger partial charge in [0.2, 0.25) is 5.89 Å². The van der Waals surface area contributed by atoms with Crippen molar-refractivity contribution in [2.24, 2.45) is 0 Å². The quantitative estimate of drug-likeness (QED) is 0.307. The Hall–Kier alpha value is -3.04. The lowest BCUT2D eigenvalue weighted by Gasteiger charge is -2.07. The van der Waals surface area contributed by atoms with Crippen molar-refractivity contribution in [3.8, 4) is 16.5 Å². The van der Waals surface area contributed by atoms with Crippen LogP contribution in [0.3, 0.4) is 0 Å². The van der Waals surface area contributed by atoms with E-state index in [0.717, 1.165) is 26.6 Å². The van der Waals surface area contributed by atoms with Gasteiger partial charge in [0.15, 0.2) is 5.65 Å². The van der Waals surface area contributed by atoms with Crippen molar-refractivity contribution in [1.29, 1.82) is 0 Å². The van der Waals surface area contributed by atoms with Gasteiger partial charge in [0.25, 0.3) is 5.89 Å². The Kier molecular flexibility index (Phi) is 4.38. The molecule has 0 saturated heterocycles. The van der Waals surface area contributed by atoms with Gasteiger partial charge in [-0.3, -0.25) is 0 Å². The molecule has 138 valence electrons. The van der Waals surface area contributed by atoms with Gasteiger partial charge in [0.1, 0.15) is 11.4 Å². The number of thioether (sulfide) groups is 1. The average Bonchev–Trinajstić information content (AvgIpc) is 3.48. The lowest BCUT2D eigenvalue weighted by atomic mass is 10.3. The summed E-state index contributed by atoms with van der Waals surface area (Å²) >= 11 is 3.12. The van der Waals surface area contributed by atoms with E-state index in [1.54, 1.807) is 35.6 Å². The molecule has 1 atom stereocenters. The molecular weight excluding hydrogens is 392 g/mol. The Morgan fingerprint density at radius 2 is 1.96 bits per heavy atom. The number of nitrogens with zero attached hydrogens (tertiary/aromatic N) is 6. The molecule has 5 aromatic rings. The minimum Gasteiger partial charge on any atom is -0.419 e. The van der Waals surface area contributed by atoms with E-state index in [1.165, 1.54) is 0 Å². The Morgan fingerprint density at radius 1 is 1.07 bits per heavy atom. The number of rotatable bonds is 5. The van der Waals surface area contributed by atoms with Crippen molar-refractivity contribution >= 4 is 34.1 Å². The van der Waals surface area contributed by atoms with Crippen LogP contribution in [0.25, 0.3) is 27.5 Å². The predicted octanol–water partition coefficient (Wildman–Crippen LogP) is 4.78. The molecule has 7 nitrogen and oxygen atoms in total. The van der Waals surface area contributed by atoms with Crippen molar-refractivity contribution in [1.82, 2.24) is 29.9 Å². The second-order valence-corrected chi connectivity index (χ2v) is 8.27. The molecule has 0 unspecified atom stereocenters. The first-order chi connectivity index (χ1) is 13.8. The van der Waals surface area contributed by atoms with Gasteiger partial charge >= 0.3 is 0 Å². The smallest absolute Gasteiger partial charge is 0.257 e. The molecule has 0 spiro atoms. The van der Waals surface area contributed by atoms with Gasteiger partial charge in [-0.15, -0.1) is 21.5 Å². The van der Waals surface area contributed by atoms with Gasteiger partial charge in [-0.25, -0.2) is 14.6 Å². The van der Waals surface area contributed by atoms with Gasteiger partial charge in [0.05, 0.1) is 27.4 Å². The number of para-hydroxylation sites is 1. The normalized spacial score (nSPS) is 12.5. The zero-order valence-electron chi connectivity index (χ0n) is 14.8. The summed E-state index contributed by atoms with van der Waals surface area (Å²) in [5, 5.41) is 16.5. The summed E-state index contributed by atoms with van der Waals surface area (Å²) in [5.74, 6) is 1.11. The molecule has 28 heavy (non-hydrogen) atoms. The van der Waals surface area contributed by atoms with Crippen molar-refractivity contribution in [3.05, 3.63) is 66.3 Å². The number of fused-ring (bicyclic) bond motifs is 1. The largest absolute Gasteiger partial charge is 0.419 e. The number of thiophene rings is 1. The van der Waals surface area contributed by atoms with Gasteiger partial charge < -0.3 is 4.42 Å². The van der Waals surface area contributed by atoms with Crippen molar-refractivity contribution in [3.63, 3.8) is 0 Å². The minimum absolute atomic E-state index is 0.0561. The Bertz CT molecular complexity index is 1220. The highest BCUT2D eigenvalue weighted by atomic mass is 32.2. The van der Waals surface area contributed by atoms with E-state index in [2.05, 4.69) is 25.3 Å². The van der Waals surface area contributed by atoms with Crippen LogP contribution in [0, 0.1) is 0 Å². The SMILES string of the molecule is C[C@@H](Sc1ncnc2c1cnn2-c1ccccc1)c1nnc(-c2cccs2)o1. The molecule has 0 N–H and O–H groups in total. The molecule has 0 bridgehead atoms. The van der Waals surface area contributed by atoms with Crippen LogP contribution >= 0.6 is 23.1 Å². The molecule has 0 saturated carbocycles. The van der Waals surface area contributed by atoms with Crippen LogP contribution in [0.5, 0.6) is 0 Å². The molecule has 4 heterocycles. The fourth-order valence-electron chi connectivity index (χ4n) is 2.79. The van der Waals surface area contributed by atoms with Crippen LogP contribution in [0.15, 0.2) is 69.8 Å². The van der Waals surface area contributed by atoms with Crippen molar-refractivity contribution < 1.29 is 4.42 Å². The summed E-state index contributed by atoms with van der Waals surface area (Å²) < 4.78 is 7.66. The van der Waals surface area contributed by atoms with Gasteiger partial charge in [0, 0.05) is 0 Å². The molecule has 0 fully saturated rings. The monoisotopic (exact) mass is 406 g/mol. The molecule has 9 heteroatoms. The molecule has 0 aliphatic rings. The molecular formula is C19H14N6OS2. The lowest BCUT2D eigenvalue weighted by Crippen LogP contribution is -1.98. The maximum Gasteiger partial charge on any atom is 0.257 e. The standard InChI is InChI=1S/C19H14N6OS2/c1-12(17-23-24-18(26-17)15-8-5-9-27-15)28-19-14-10-22-25(16(14)20-11-21-19)13-6-3-2-4-7-13/h2-12H,1H3/t12-/m1/s1. The van der Waals surface area contributed by atoms with Crippen LogP contribution in [-0.2, 0) is 0 Å². The molecule has 1 aromatic carbocycles. The second-order valence-electron chi connectivity index (χ2n) is 5.99. The van der Waals surface area contributed by atoms with Gasteiger partial charge in [-0.1, -0.05) is 36.0 Å². The first kappa shape index (κ1) is 17.1. The van der Waals surface area contributed by atoms with Gasteiger partial charge in [-0.05, 0) is 30.5 Å². The second kappa shape index (κ2) is 7.17. The molecule has 4 aromatic heterocycles. The summed E-state index contributed by atoms with van der Waals surface area (Å²) in [6, 6.07) is 13.8. The van der Waals surface area contributed by atoms with E-state index in [1.807, 2.05) is 59.5 Å². The fourth-order valence-corrected chi connectivity index (χ4v) is 4.35. The molecule has 0 amide bonds. The molecule has 0 aliphatic heterocycles. The summed E-state index contributed by atoms with van der Waals surface area (Å²) in [4.78, 5) is 9.83. The van der Waals surface area contributed by atoms with E-state index < -0.39 is 0 Å². The fraction of sp³-hybridized carbons (Fsp3) is 0.105. The molecule has 0 aliphatic carbocycles. The van der Waals surface area contributed by atoms with Crippen molar-refractivity contribution in [2.45, 2.75) is 17.2 Å². The number of hydrogen-bond acceptors (Lipinski definition) is 8. The highest BCUT2D eigenvalue weighted by molar-refractivity contribution is 7.99. The number of benzene rings is 1. The number of aromatic nitrogens is 6. The van der Waals surface area contributed by atoms with Crippen LogP contribution in [-0.4, -0.2) is 29.9 Å².